The van der Waals surface area contributed by atoms with Gasteiger partial charge in [0.1, 0.15) is 11.2 Å². The van der Waals surface area contributed by atoms with E-state index in [1.165, 1.54) is 5.56 Å². The minimum atomic E-state index is -0.118. The first-order valence-electron chi connectivity index (χ1n) is 12.0. The molecule has 0 radical (unpaired) electrons. The molecule has 1 N–H and O–H groups in total. The minimum absolute atomic E-state index is 0.0176. The van der Waals surface area contributed by atoms with Crippen molar-refractivity contribution in [3.63, 3.8) is 0 Å². The highest BCUT2D eigenvalue weighted by molar-refractivity contribution is 8.00. The maximum absolute atomic E-state index is 12.7. The van der Waals surface area contributed by atoms with Crippen LogP contribution in [0.3, 0.4) is 0 Å². The van der Waals surface area contributed by atoms with Gasteiger partial charge in [-0.1, -0.05) is 54.6 Å². The summed E-state index contributed by atoms with van der Waals surface area (Å²) in [5.74, 6) is 1.46. The van der Waals surface area contributed by atoms with E-state index in [0.717, 1.165) is 29.1 Å². The average molecular weight is 497 g/mol. The zero-order valence-electron chi connectivity index (χ0n) is 20.1. The molecule has 1 saturated heterocycles. The van der Waals surface area contributed by atoms with E-state index in [9.17, 15) is 9.59 Å². The molecule has 4 aromatic rings. The molecule has 0 unspecified atom stereocenters. The van der Waals surface area contributed by atoms with Gasteiger partial charge < -0.3 is 14.8 Å². The number of carbonyl (C=O) groups is 2. The molecule has 0 aliphatic carbocycles. The summed E-state index contributed by atoms with van der Waals surface area (Å²) in [5.41, 5.74) is 4.93. The quantitative estimate of drug-likeness (QED) is 0.376. The zero-order chi connectivity index (χ0) is 24.9. The zero-order valence-corrected chi connectivity index (χ0v) is 20.9. The second kappa shape index (κ2) is 10.8. The molecule has 0 bridgehead atoms. The van der Waals surface area contributed by atoms with Gasteiger partial charge in [-0.25, -0.2) is 4.98 Å². The molecule has 0 spiro atoms. The van der Waals surface area contributed by atoms with Crippen molar-refractivity contribution in [2.24, 2.45) is 0 Å². The molecule has 1 atom stereocenters. The predicted molar refractivity (Wildman–Crippen MR) is 143 cm³/mol. The summed E-state index contributed by atoms with van der Waals surface area (Å²) >= 11 is 1.64. The van der Waals surface area contributed by atoms with Crippen molar-refractivity contribution < 1.29 is 9.59 Å². The fraction of sp³-hybridized carbons (Fsp3) is 0.207. The summed E-state index contributed by atoms with van der Waals surface area (Å²) in [4.78, 5) is 31.4. The smallest absolute Gasteiger partial charge is 0.251 e. The number of benzene rings is 3. The SMILES string of the molecule is Cc1nccn1-c1ccc(CNC(=O)c2ccc([C@H]3SCC(=O)N3CCc3ccccc3)cc2)cc1. The molecule has 1 fully saturated rings. The van der Waals surface area contributed by atoms with Crippen LogP contribution >= 0.6 is 11.8 Å². The average Bonchev–Trinajstić information content (AvgIpc) is 3.52. The fourth-order valence-corrected chi connectivity index (χ4v) is 5.59. The van der Waals surface area contributed by atoms with Crippen LogP contribution in [0.2, 0.25) is 0 Å². The van der Waals surface area contributed by atoms with Crippen LogP contribution in [0.1, 0.15) is 38.2 Å². The van der Waals surface area contributed by atoms with Gasteiger partial charge in [0.2, 0.25) is 5.91 Å². The van der Waals surface area contributed by atoms with Gasteiger partial charge in [-0.2, -0.15) is 0 Å². The molecule has 5 rings (SSSR count). The van der Waals surface area contributed by atoms with Crippen molar-refractivity contribution in [1.82, 2.24) is 19.8 Å². The number of amides is 2. The van der Waals surface area contributed by atoms with Crippen LogP contribution in [0.25, 0.3) is 5.69 Å². The molecule has 182 valence electrons. The molecular weight excluding hydrogens is 468 g/mol. The van der Waals surface area contributed by atoms with Gasteiger partial charge in [0, 0.05) is 36.7 Å². The first-order valence-corrected chi connectivity index (χ1v) is 13.1. The molecule has 36 heavy (non-hydrogen) atoms. The number of imidazole rings is 1. The standard InChI is InChI=1S/C29H28N4O2S/c1-21-30-16-18-32(21)26-13-7-23(8-14-26)19-31-28(35)24-9-11-25(12-10-24)29-33(27(34)20-36-29)17-15-22-5-3-2-4-6-22/h2-14,16,18,29H,15,17,19-20H2,1H3,(H,31,35)/t29-/m1/s1. The third kappa shape index (κ3) is 5.36. The van der Waals surface area contributed by atoms with Crippen LogP contribution in [0.5, 0.6) is 0 Å². The van der Waals surface area contributed by atoms with Gasteiger partial charge in [0.05, 0.1) is 5.75 Å². The summed E-state index contributed by atoms with van der Waals surface area (Å²) in [6, 6.07) is 25.9. The summed E-state index contributed by atoms with van der Waals surface area (Å²) < 4.78 is 2.02. The number of hydrogen-bond donors (Lipinski definition) is 1. The van der Waals surface area contributed by atoms with Crippen molar-refractivity contribution in [2.75, 3.05) is 12.3 Å². The molecule has 7 heteroatoms. The van der Waals surface area contributed by atoms with Crippen molar-refractivity contribution in [3.05, 3.63) is 119 Å². The lowest BCUT2D eigenvalue weighted by molar-refractivity contribution is -0.128. The van der Waals surface area contributed by atoms with E-state index < -0.39 is 0 Å². The number of carbonyl (C=O) groups excluding carboxylic acids is 2. The van der Waals surface area contributed by atoms with E-state index in [0.29, 0.717) is 24.4 Å². The lowest BCUT2D eigenvalue weighted by Gasteiger charge is -2.24. The number of aryl methyl sites for hydroxylation is 1. The largest absolute Gasteiger partial charge is 0.348 e. The molecule has 2 heterocycles. The van der Waals surface area contributed by atoms with Gasteiger partial charge in [-0.15, -0.1) is 11.8 Å². The van der Waals surface area contributed by atoms with E-state index in [4.69, 9.17) is 0 Å². The lowest BCUT2D eigenvalue weighted by Crippen LogP contribution is -2.30. The van der Waals surface area contributed by atoms with Crippen LogP contribution in [0, 0.1) is 6.92 Å². The molecule has 0 saturated carbocycles. The van der Waals surface area contributed by atoms with Crippen LogP contribution in [-0.2, 0) is 17.8 Å². The van der Waals surface area contributed by atoms with Crippen LogP contribution in [0.15, 0.2) is 91.3 Å². The maximum Gasteiger partial charge on any atom is 0.251 e. The third-order valence-electron chi connectivity index (χ3n) is 6.40. The number of aromatic nitrogens is 2. The fourth-order valence-electron chi connectivity index (χ4n) is 4.38. The van der Waals surface area contributed by atoms with E-state index in [2.05, 4.69) is 22.4 Å². The Balaban J connectivity index is 1.18. The Hall–Kier alpha value is -3.84. The highest BCUT2D eigenvalue weighted by atomic mass is 32.2. The second-order valence-corrected chi connectivity index (χ2v) is 9.87. The van der Waals surface area contributed by atoms with Crippen molar-refractivity contribution >= 4 is 23.6 Å². The molecule has 1 aliphatic heterocycles. The van der Waals surface area contributed by atoms with Gasteiger partial charge in [0.25, 0.3) is 5.91 Å². The third-order valence-corrected chi connectivity index (χ3v) is 7.66. The predicted octanol–water partition coefficient (Wildman–Crippen LogP) is 4.93. The summed E-state index contributed by atoms with van der Waals surface area (Å²) in [6.45, 7) is 3.09. The molecular formula is C29H28N4O2S. The number of thioether (sulfide) groups is 1. The maximum atomic E-state index is 12.7. The molecule has 1 aromatic heterocycles. The molecule has 6 nitrogen and oxygen atoms in total. The monoisotopic (exact) mass is 496 g/mol. The summed E-state index contributed by atoms with van der Waals surface area (Å²) in [7, 11) is 0. The summed E-state index contributed by atoms with van der Waals surface area (Å²) in [6.07, 6.45) is 4.53. The van der Waals surface area contributed by atoms with Gasteiger partial charge in [-0.3, -0.25) is 9.59 Å². The number of hydrogen-bond acceptors (Lipinski definition) is 4. The first kappa shape index (κ1) is 23.9. The van der Waals surface area contributed by atoms with Crippen LogP contribution in [-0.4, -0.2) is 38.6 Å². The Labute approximate surface area is 215 Å². The Bertz CT molecular complexity index is 1330. The molecule has 3 aromatic carbocycles. The Morgan fingerprint density at radius 2 is 1.75 bits per heavy atom. The minimum Gasteiger partial charge on any atom is -0.348 e. The van der Waals surface area contributed by atoms with E-state index in [1.54, 1.807) is 18.0 Å². The number of nitrogens with one attached hydrogen (secondary N) is 1. The Morgan fingerprint density at radius 1 is 1.00 bits per heavy atom. The molecule has 2 amide bonds. The summed E-state index contributed by atoms with van der Waals surface area (Å²) in [5, 5.41) is 2.98. The van der Waals surface area contributed by atoms with Gasteiger partial charge in [-0.05, 0) is 54.3 Å². The van der Waals surface area contributed by atoms with Crippen molar-refractivity contribution in [3.8, 4) is 5.69 Å². The van der Waals surface area contributed by atoms with Gasteiger partial charge in [0.15, 0.2) is 0 Å². The van der Waals surface area contributed by atoms with Crippen molar-refractivity contribution in [2.45, 2.75) is 25.3 Å². The Kier molecular flexibility index (Phi) is 7.18. The second-order valence-electron chi connectivity index (χ2n) is 8.80. The highest BCUT2D eigenvalue weighted by Gasteiger charge is 2.32. The first-order chi connectivity index (χ1) is 17.6. The normalized spacial score (nSPS) is 15.3. The van der Waals surface area contributed by atoms with Crippen LogP contribution < -0.4 is 5.32 Å². The van der Waals surface area contributed by atoms with Crippen LogP contribution in [0.4, 0.5) is 0 Å². The molecule has 1 aliphatic rings. The van der Waals surface area contributed by atoms with Gasteiger partial charge >= 0.3 is 0 Å². The lowest BCUT2D eigenvalue weighted by atomic mass is 10.1. The highest BCUT2D eigenvalue weighted by Crippen LogP contribution is 2.38. The van der Waals surface area contributed by atoms with E-state index in [1.807, 2.05) is 89.3 Å². The topological polar surface area (TPSA) is 67.2 Å². The number of rotatable bonds is 8. The number of nitrogens with zero attached hydrogens (tertiary/aromatic N) is 3. The van der Waals surface area contributed by atoms with E-state index in [-0.39, 0.29) is 17.2 Å². The Morgan fingerprint density at radius 3 is 2.44 bits per heavy atom. The van der Waals surface area contributed by atoms with E-state index >= 15 is 0 Å². The van der Waals surface area contributed by atoms with Crippen molar-refractivity contribution in [1.29, 1.82) is 0 Å².